The number of nitrogens with one attached hydrogen (secondary N) is 2. The first-order valence-corrected chi connectivity index (χ1v) is 7.65. The number of benzene rings is 2. The van der Waals surface area contributed by atoms with Crippen molar-refractivity contribution in [3.63, 3.8) is 0 Å². The lowest BCUT2D eigenvalue weighted by Crippen LogP contribution is -1.99. The predicted octanol–water partition coefficient (Wildman–Crippen LogP) is 4.80. The van der Waals surface area contributed by atoms with Crippen LogP contribution in [0.5, 0.6) is 0 Å². The van der Waals surface area contributed by atoms with Crippen molar-refractivity contribution in [2.75, 3.05) is 10.6 Å². The third-order valence-electron chi connectivity index (χ3n) is 3.48. The first kappa shape index (κ1) is 15.8. The van der Waals surface area contributed by atoms with Crippen LogP contribution in [0.2, 0.25) is 5.02 Å². The van der Waals surface area contributed by atoms with Crippen molar-refractivity contribution in [3.05, 3.63) is 71.0 Å². The van der Waals surface area contributed by atoms with Gasteiger partial charge < -0.3 is 10.6 Å². The highest BCUT2D eigenvalue weighted by atomic mass is 35.5. The van der Waals surface area contributed by atoms with Crippen LogP contribution in [0.1, 0.15) is 11.1 Å². The molecule has 0 unspecified atom stereocenters. The summed E-state index contributed by atoms with van der Waals surface area (Å²) >= 11 is 6.14. The first-order valence-electron chi connectivity index (χ1n) is 7.27. The first-order chi connectivity index (χ1) is 11.7. The molecule has 0 aliphatic heterocycles. The van der Waals surface area contributed by atoms with Gasteiger partial charge in [0.25, 0.3) is 0 Å². The lowest BCUT2D eigenvalue weighted by molar-refractivity contribution is 1.16. The summed E-state index contributed by atoms with van der Waals surface area (Å²) in [5.41, 5.74) is 3.31. The third kappa shape index (κ3) is 3.62. The van der Waals surface area contributed by atoms with Gasteiger partial charge in [0, 0.05) is 22.5 Å². The molecule has 0 aliphatic carbocycles. The molecule has 2 N–H and O–H groups in total. The molecule has 0 radical (unpaired) electrons. The van der Waals surface area contributed by atoms with Crippen molar-refractivity contribution in [1.82, 2.24) is 9.97 Å². The lowest BCUT2D eigenvalue weighted by Gasteiger charge is -2.11. The molecule has 0 amide bonds. The van der Waals surface area contributed by atoms with E-state index in [9.17, 15) is 0 Å². The van der Waals surface area contributed by atoms with Crippen LogP contribution in [0.25, 0.3) is 0 Å². The Morgan fingerprint density at radius 1 is 1.00 bits per heavy atom. The number of nitrogens with zero attached hydrogens (tertiary/aromatic N) is 3. The fourth-order valence-corrected chi connectivity index (χ4v) is 2.33. The van der Waals surface area contributed by atoms with E-state index in [0.717, 1.165) is 16.9 Å². The molecule has 2 aromatic carbocycles. The minimum atomic E-state index is 0.613. The van der Waals surface area contributed by atoms with Crippen LogP contribution in [0.4, 0.5) is 23.0 Å². The van der Waals surface area contributed by atoms with E-state index in [-0.39, 0.29) is 0 Å². The Labute approximate surface area is 145 Å². The average Bonchev–Trinajstić information content (AvgIpc) is 2.60. The molecule has 1 aromatic heterocycles. The standard InChI is InChI=1S/C18H14ClN5/c1-12-15(19)3-2-4-16(12)24-18-9-17(21-11-22-18)23-14-7-5-13(10-20)6-8-14/h2-9,11H,1H3,(H2,21,22,23,24). The average molecular weight is 336 g/mol. The van der Waals surface area contributed by atoms with Gasteiger partial charge in [-0.2, -0.15) is 5.26 Å². The molecule has 6 heteroatoms. The van der Waals surface area contributed by atoms with Crippen LogP contribution in [0.15, 0.2) is 54.9 Å². The molecule has 118 valence electrons. The smallest absolute Gasteiger partial charge is 0.135 e. The number of anilines is 4. The van der Waals surface area contributed by atoms with E-state index >= 15 is 0 Å². The van der Waals surface area contributed by atoms with Crippen LogP contribution in [0, 0.1) is 18.3 Å². The zero-order chi connectivity index (χ0) is 16.9. The van der Waals surface area contributed by atoms with Crippen molar-refractivity contribution in [3.8, 4) is 6.07 Å². The lowest BCUT2D eigenvalue weighted by atomic mass is 10.2. The molecular weight excluding hydrogens is 322 g/mol. The van der Waals surface area contributed by atoms with Crippen molar-refractivity contribution >= 4 is 34.6 Å². The van der Waals surface area contributed by atoms with Gasteiger partial charge in [-0.05, 0) is 48.9 Å². The van der Waals surface area contributed by atoms with Crippen molar-refractivity contribution in [1.29, 1.82) is 5.26 Å². The van der Waals surface area contributed by atoms with E-state index in [1.54, 1.807) is 18.2 Å². The second-order valence-corrected chi connectivity index (χ2v) is 5.55. The summed E-state index contributed by atoms with van der Waals surface area (Å²) in [5, 5.41) is 15.9. The van der Waals surface area contributed by atoms with Gasteiger partial charge in [-0.1, -0.05) is 17.7 Å². The topological polar surface area (TPSA) is 73.6 Å². The van der Waals surface area contributed by atoms with E-state index in [2.05, 4.69) is 26.7 Å². The zero-order valence-corrected chi connectivity index (χ0v) is 13.7. The monoisotopic (exact) mass is 335 g/mol. The molecule has 0 fully saturated rings. The SMILES string of the molecule is Cc1c(Cl)cccc1Nc1cc(Nc2ccc(C#N)cc2)ncn1. The second-order valence-electron chi connectivity index (χ2n) is 5.14. The van der Waals surface area contributed by atoms with Crippen molar-refractivity contribution < 1.29 is 0 Å². The molecule has 0 spiro atoms. The van der Waals surface area contributed by atoms with E-state index in [1.807, 2.05) is 37.3 Å². The molecule has 24 heavy (non-hydrogen) atoms. The maximum Gasteiger partial charge on any atom is 0.135 e. The maximum atomic E-state index is 8.83. The Bertz CT molecular complexity index is 900. The minimum Gasteiger partial charge on any atom is -0.340 e. The molecule has 0 bridgehead atoms. The summed E-state index contributed by atoms with van der Waals surface area (Å²) in [4.78, 5) is 8.43. The second kappa shape index (κ2) is 6.99. The van der Waals surface area contributed by atoms with Gasteiger partial charge in [-0.15, -0.1) is 0 Å². The summed E-state index contributed by atoms with van der Waals surface area (Å²) < 4.78 is 0. The Hall–Kier alpha value is -3.10. The Balaban J connectivity index is 1.78. The Kier molecular flexibility index (Phi) is 4.59. The van der Waals surface area contributed by atoms with Gasteiger partial charge in [0.1, 0.15) is 18.0 Å². The van der Waals surface area contributed by atoms with Gasteiger partial charge >= 0.3 is 0 Å². The summed E-state index contributed by atoms with van der Waals surface area (Å²) in [5.74, 6) is 1.31. The van der Waals surface area contributed by atoms with E-state index in [1.165, 1.54) is 6.33 Å². The Morgan fingerprint density at radius 3 is 2.42 bits per heavy atom. The van der Waals surface area contributed by atoms with Gasteiger partial charge in [0.2, 0.25) is 0 Å². The van der Waals surface area contributed by atoms with Gasteiger partial charge in [-0.25, -0.2) is 9.97 Å². The molecular formula is C18H14ClN5. The molecule has 0 saturated heterocycles. The van der Waals surface area contributed by atoms with Crippen LogP contribution < -0.4 is 10.6 Å². The van der Waals surface area contributed by atoms with E-state index in [0.29, 0.717) is 22.2 Å². The van der Waals surface area contributed by atoms with Crippen molar-refractivity contribution in [2.24, 2.45) is 0 Å². The summed E-state index contributed by atoms with van der Waals surface area (Å²) in [6, 6.07) is 16.7. The maximum absolute atomic E-state index is 8.83. The number of nitriles is 1. The number of halogens is 1. The highest BCUT2D eigenvalue weighted by Gasteiger charge is 2.05. The summed E-state index contributed by atoms with van der Waals surface area (Å²) in [7, 11) is 0. The zero-order valence-electron chi connectivity index (χ0n) is 12.9. The fraction of sp³-hybridized carbons (Fsp3) is 0.0556. The number of aromatic nitrogens is 2. The molecule has 0 aliphatic rings. The minimum absolute atomic E-state index is 0.613. The number of hydrogen-bond acceptors (Lipinski definition) is 5. The number of rotatable bonds is 4. The van der Waals surface area contributed by atoms with Crippen LogP contribution in [-0.2, 0) is 0 Å². The highest BCUT2D eigenvalue weighted by molar-refractivity contribution is 6.31. The molecule has 0 atom stereocenters. The van der Waals surface area contributed by atoms with Crippen LogP contribution in [0.3, 0.4) is 0 Å². The summed E-state index contributed by atoms with van der Waals surface area (Å²) in [6.07, 6.45) is 1.48. The molecule has 1 heterocycles. The third-order valence-corrected chi connectivity index (χ3v) is 3.89. The molecule has 3 aromatic rings. The normalized spacial score (nSPS) is 10.0. The predicted molar refractivity (Wildman–Crippen MR) is 95.9 cm³/mol. The van der Waals surface area contributed by atoms with E-state index in [4.69, 9.17) is 16.9 Å². The van der Waals surface area contributed by atoms with Gasteiger partial charge in [0.15, 0.2) is 0 Å². The van der Waals surface area contributed by atoms with E-state index < -0.39 is 0 Å². The Morgan fingerprint density at radius 2 is 1.71 bits per heavy atom. The van der Waals surface area contributed by atoms with Crippen LogP contribution in [-0.4, -0.2) is 9.97 Å². The summed E-state index contributed by atoms with van der Waals surface area (Å²) in [6.45, 7) is 1.95. The fourth-order valence-electron chi connectivity index (χ4n) is 2.15. The quantitative estimate of drug-likeness (QED) is 0.716. The molecule has 3 rings (SSSR count). The number of hydrogen-bond donors (Lipinski definition) is 2. The van der Waals surface area contributed by atoms with Gasteiger partial charge in [-0.3, -0.25) is 0 Å². The molecule has 0 saturated carbocycles. The highest BCUT2D eigenvalue weighted by Crippen LogP contribution is 2.26. The van der Waals surface area contributed by atoms with Crippen LogP contribution >= 0.6 is 11.6 Å². The largest absolute Gasteiger partial charge is 0.340 e. The van der Waals surface area contributed by atoms with Crippen molar-refractivity contribution in [2.45, 2.75) is 6.92 Å². The van der Waals surface area contributed by atoms with Gasteiger partial charge in [0.05, 0.1) is 11.6 Å². The molecule has 5 nitrogen and oxygen atoms in total.